The summed E-state index contributed by atoms with van der Waals surface area (Å²) in [6.07, 6.45) is 0. The van der Waals surface area contributed by atoms with Gasteiger partial charge >= 0.3 is 0 Å². The van der Waals surface area contributed by atoms with Gasteiger partial charge in [0.05, 0.1) is 15.6 Å². The number of hydrogen-bond acceptors (Lipinski definition) is 5. The standard InChI is InChI=1S/C18H15N3O3S/c1-11-17(19-12(2)25-11)13-3-5-14(6-4-13)18(22)20-15-7-9-16(10-8-15)21(23)24/h3-10H,1-2H3,(H,20,22). The summed E-state index contributed by atoms with van der Waals surface area (Å²) in [5, 5.41) is 14.4. The number of carbonyl (C=O) groups excluding carboxylic acids is 1. The normalized spacial score (nSPS) is 10.5. The molecule has 0 spiro atoms. The molecule has 0 aliphatic carbocycles. The van der Waals surface area contributed by atoms with Crippen molar-refractivity contribution in [2.24, 2.45) is 0 Å². The molecular weight excluding hydrogens is 338 g/mol. The number of non-ortho nitro benzene ring substituents is 1. The number of benzene rings is 2. The van der Waals surface area contributed by atoms with Gasteiger partial charge in [-0.3, -0.25) is 14.9 Å². The summed E-state index contributed by atoms with van der Waals surface area (Å²) in [6, 6.07) is 12.9. The Labute approximate surface area is 148 Å². The number of nitrogens with zero attached hydrogens (tertiary/aromatic N) is 2. The number of aromatic nitrogens is 1. The molecule has 1 heterocycles. The van der Waals surface area contributed by atoms with Gasteiger partial charge in [-0.05, 0) is 38.1 Å². The molecule has 1 amide bonds. The molecule has 0 aliphatic heterocycles. The van der Waals surface area contributed by atoms with Crippen molar-refractivity contribution in [3.05, 3.63) is 74.1 Å². The highest BCUT2D eigenvalue weighted by Gasteiger charge is 2.11. The number of thiazole rings is 1. The van der Waals surface area contributed by atoms with Crippen molar-refractivity contribution in [3.8, 4) is 11.3 Å². The van der Waals surface area contributed by atoms with Crippen LogP contribution < -0.4 is 5.32 Å². The number of nitro benzene ring substituents is 1. The third-order valence-corrected chi connectivity index (χ3v) is 4.55. The van der Waals surface area contributed by atoms with Crippen molar-refractivity contribution in [2.45, 2.75) is 13.8 Å². The fourth-order valence-corrected chi connectivity index (χ4v) is 3.29. The molecule has 25 heavy (non-hydrogen) atoms. The van der Waals surface area contributed by atoms with Crippen LogP contribution in [-0.4, -0.2) is 15.8 Å². The first-order valence-corrected chi connectivity index (χ1v) is 8.36. The number of nitrogens with one attached hydrogen (secondary N) is 1. The van der Waals surface area contributed by atoms with E-state index < -0.39 is 4.92 Å². The molecule has 3 rings (SSSR count). The largest absolute Gasteiger partial charge is 0.322 e. The Morgan fingerprint density at radius 2 is 1.72 bits per heavy atom. The van der Waals surface area contributed by atoms with E-state index >= 15 is 0 Å². The van der Waals surface area contributed by atoms with Gasteiger partial charge in [-0.25, -0.2) is 4.98 Å². The van der Waals surface area contributed by atoms with E-state index in [1.54, 1.807) is 23.5 Å². The third-order valence-electron chi connectivity index (χ3n) is 3.66. The number of aryl methyl sites for hydroxylation is 2. The highest BCUT2D eigenvalue weighted by Crippen LogP contribution is 2.27. The summed E-state index contributed by atoms with van der Waals surface area (Å²) in [4.78, 5) is 28.1. The molecule has 2 aromatic carbocycles. The Morgan fingerprint density at radius 1 is 1.08 bits per heavy atom. The smallest absolute Gasteiger partial charge is 0.269 e. The lowest BCUT2D eigenvalue weighted by Gasteiger charge is -2.06. The molecule has 1 N–H and O–H groups in total. The summed E-state index contributed by atoms with van der Waals surface area (Å²) in [5.74, 6) is -0.272. The molecular formula is C18H15N3O3S. The van der Waals surface area contributed by atoms with Crippen molar-refractivity contribution in [2.75, 3.05) is 5.32 Å². The Morgan fingerprint density at radius 3 is 2.24 bits per heavy atom. The topological polar surface area (TPSA) is 85.1 Å². The van der Waals surface area contributed by atoms with Gasteiger partial charge in [-0.15, -0.1) is 11.3 Å². The molecule has 0 aliphatic rings. The Kier molecular flexibility index (Phi) is 4.58. The molecule has 0 bridgehead atoms. The van der Waals surface area contributed by atoms with Gasteiger partial charge in [0.25, 0.3) is 11.6 Å². The molecule has 6 nitrogen and oxygen atoms in total. The molecule has 0 atom stereocenters. The van der Waals surface area contributed by atoms with Crippen LogP contribution >= 0.6 is 11.3 Å². The fraction of sp³-hybridized carbons (Fsp3) is 0.111. The van der Waals surface area contributed by atoms with Gasteiger partial charge in [0, 0.05) is 33.8 Å². The van der Waals surface area contributed by atoms with Gasteiger partial charge in [-0.1, -0.05) is 12.1 Å². The van der Waals surface area contributed by atoms with Crippen LogP contribution in [0.2, 0.25) is 0 Å². The lowest BCUT2D eigenvalue weighted by Crippen LogP contribution is -2.11. The number of rotatable bonds is 4. The van der Waals surface area contributed by atoms with Crippen molar-refractivity contribution in [3.63, 3.8) is 0 Å². The minimum atomic E-state index is -0.480. The van der Waals surface area contributed by atoms with Crippen molar-refractivity contribution in [1.82, 2.24) is 4.98 Å². The van der Waals surface area contributed by atoms with Crippen LogP contribution in [0.3, 0.4) is 0 Å². The first kappa shape index (κ1) is 16.8. The van der Waals surface area contributed by atoms with Gasteiger partial charge in [-0.2, -0.15) is 0 Å². The Balaban J connectivity index is 1.74. The molecule has 0 radical (unpaired) electrons. The van der Waals surface area contributed by atoms with E-state index in [0.717, 1.165) is 21.1 Å². The van der Waals surface area contributed by atoms with Crippen LogP contribution in [0, 0.1) is 24.0 Å². The van der Waals surface area contributed by atoms with Gasteiger partial charge in [0.1, 0.15) is 0 Å². The summed E-state index contributed by atoms with van der Waals surface area (Å²) in [5.41, 5.74) is 2.90. The predicted molar refractivity (Wildman–Crippen MR) is 98.1 cm³/mol. The average molecular weight is 353 g/mol. The first-order chi connectivity index (χ1) is 11.9. The van der Waals surface area contributed by atoms with E-state index in [9.17, 15) is 14.9 Å². The highest BCUT2D eigenvalue weighted by molar-refractivity contribution is 7.11. The summed E-state index contributed by atoms with van der Waals surface area (Å²) < 4.78 is 0. The van der Waals surface area contributed by atoms with Crippen molar-refractivity contribution in [1.29, 1.82) is 0 Å². The molecule has 7 heteroatoms. The van der Waals surface area contributed by atoms with Crippen LogP contribution in [0.15, 0.2) is 48.5 Å². The summed E-state index contributed by atoms with van der Waals surface area (Å²) >= 11 is 1.64. The highest BCUT2D eigenvalue weighted by atomic mass is 32.1. The van der Waals surface area contributed by atoms with Gasteiger partial charge < -0.3 is 5.32 Å². The fourth-order valence-electron chi connectivity index (χ4n) is 2.45. The van der Waals surface area contributed by atoms with Crippen LogP contribution in [0.5, 0.6) is 0 Å². The summed E-state index contributed by atoms with van der Waals surface area (Å²) in [6.45, 7) is 3.99. The van der Waals surface area contributed by atoms with Crippen molar-refractivity contribution < 1.29 is 9.72 Å². The molecule has 0 unspecified atom stereocenters. The molecule has 0 fully saturated rings. The van der Waals surface area contributed by atoms with E-state index in [2.05, 4.69) is 10.3 Å². The SMILES string of the molecule is Cc1nc(-c2ccc(C(=O)Nc3ccc([N+](=O)[O-])cc3)cc2)c(C)s1. The van der Waals surface area contributed by atoms with Crippen LogP contribution in [0.4, 0.5) is 11.4 Å². The quantitative estimate of drug-likeness (QED) is 0.549. The lowest BCUT2D eigenvalue weighted by atomic mass is 10.1. The number of carbonyl (C=O) groups is 1. The first-order valence-electron chi connectivity index (χ1n) is 7.54. The molecule has 0 saturated heterocycles. The lowest BCUT2D eigenvalue weighted by molar-refractivity contribution is -0.384. The van der Waals surface area contributed by atoms with E-state index in [1.807, 2.05) is 26.0 Å². The maximum Gasteiger partial charge on any atom is 0.269 e. The second kappa shape index (κ2) is 6.82. The number of nitro groups is 1. The zero-order chi connectivity index (χ0) is 18.0. The summed E-state index contributed by atoms with van der Waals surface area (Å²) in [7, 11) is 0. The van der Waals surface area contributed by atoms with E-state index in [0.29, 0.717) is 11.3 Å². The van der Waals surface area contributed by atoms with Crippen LogP contribution in [0.25, 0.3) is 11.3 Å². The number of anilines is 1. The second-order valence-electron chi connectivity index (χ2n) is 5.47. The Hall–Kier alpha value is -3.06. The molecule has 126 valence electrons. The molecule has 1 aromatic heterocycles. The van der Waals surface area contributed by atoms with Crippen LogP contribution in [-0.2, 0) is 0 Å². The van der Waals surface area contributed by atoms with Gasteiger partial charge in [0.2, 0.25) is 0 Å². The van der Waals surface area contributed by atoms with Gasteiger partial charge in [0.15, 0.2) is 0 Å². The Bertz CT molecular complexity index is 931. The maximum absolute atomic E-state index is 12.3. The predicted octanol–water partition coefficient (Wildman–Crippen LogP) is 4.59. The van der Waals surface area contributed by atoms with E-state index in [1.165, 1.54) is 24.3 Å². The molecule has 0 saturated carbocycles. The van der Waals surface area contributed by atoms with E-state index in [-0.39, 0.29) is 11.6 Å². The monoisotopic (exact) mass is 353 g/mol. The minimum absolute atomic E-state index is 0.0173. The van der Waals surface area contributed by atoms with Crippen molar-refractivity contribution >= 4 is 28.6 Å². The zero-order valence-electron chi connectivity index (χ0n) is 13.6. The number of amides is 1. The maximum atomic E-state index is 12.3. The second-order valence-corrected chi connectivity index (χ2v) is 6.88. The number of hydrogen-bond donors (Lipinski definition) is 1. The van der Waals surface area contributed by atoms with Crippen LogP contribution in [0.1, 0.15) is 20.2 Å². The average Bonchev–Trinajstić information content (AvgIpc) is 2.94. The van der Waals surface area contributed by atoms with E-state index in [4.69, 9.17) is 0 Å². The third kappa shape index (κ3) is 3.72. The zero-order valence-corrected chi connectivity index (χ0v) is 14.5. The minimum Gasteiger partial charge on any atom is -0.322 e. The molecule has 3 aromatic rings.